The van der Waals surface area contributed by atoms with Crippen molar-refractivity contribution in [2.75, 3.05) is 0 Å². The number of hydrogen-bond acceptors (Lipinski definition) is 3. The van der Waals surface area contributed by atoms with Gasteiger partial charge >= 0.3 is 0 Å². The molecule has 0 saturated carbocycles. The first kappa shape index (κ1) is 16.5. The normalized spacial score (nSPS) is 13.2. The van der Waals surface area contributed by atoms with Crippen molar-refractivity contribution in [3.8, 4) is 5.75 Å². The highest BCUT2D eigenvalue weighted by Crippen LogP contribution is 2.19. The van der Waals surface area contributed by atoms with Crippen LogP contribution < -0.4 is 15.8 Å². The van der Waals surface area contributed by atoms with Crippen LogP contribution in [0.4, 0.5) is 0 Å². The zero-order valence-corrected chi connectivity index (χ0v) is 13.1. The average Bonchev–Trinajstić information content (AvgIpc) is 2.26. The van der Waals surface area contributed by atoms with E-state index >= 15 is 0 Å². The molecule has 1 aromatic carbocycles. The molecule has 1 atom stereocenters. The summed E-state index contributed by atoms with van der Waals surface area (Å²) in [7, 11) is 0. The van der Waals surface area contributed by atoms with E-state index in [-0.39, 0.29) is 18.1 Å². The predicted octanol–water partition coefficient (Wildman–Crippen LogP) is 2.78. The van der Waals surface area contributed by atoms with Crippen LogP contribution in [0.1, 0.15) is 52.6 Å². The molecule has 0 aliphatic heterocycles. The van der Waals surface area contributed by atoms with Crippen molar-refractivity contribution in [1.29, 1.82) is 0 Å². The minimum Gasteiger partial charge on any atom is -0.491 e. The number of nitrogens with two attached hydrogens (primary N) is 1. The second-order valence-electron chi connectivity index (χ2n) is 6.19. The molecule has 0 aromatic heterocycles. The van der Waals surface area contributed by atoms with E-state index in [9.17, 15) is 4.79 Å². The van der Waals surface area contributed by atoms with Gasteiger partial charge in [-0.1, -0.05) is 12.1 Å². The summed E-state index contributed by atoms with van der Waals surface area (Å²) in [6.07, 6.45) is 0.469. The number of carbonyl (C=O) groups excluding carboxylic acids is 1. The van der Waals surface area contributed by atoms with Crippen LogP contribution in [0.2, 0.25) is 0 Å². The molecule has 0 radical (unpaired) electrons. The summed E-state index contributed by atoms with van der Waals surface area (Å²) in [4.78, 5) is 11.8. The van der Waals surface area contributed by atoms with Gasteiger partial charge in [-0.05, 0) is 52.3 Å². The number of nitrogens with one attached hydrogen (secondary N) is 1. The highest BCUT2D eigenvalue weighted by molar-refractivity contribution is 5.77. The highest BCUT2D eigenvalue weighted by atomic mass is 16.5. The molecule has 1 unspecified atom stereocenters. The van der Waals surface area contributed by atoms with Gasteiger partial charge in [0.1, 0.15) is 5.75 Å². The van der Waals surface area contributed by atoms with Crippen LogP contribution in [-0.2, 0) is 4.79 Å². The molecular formula is C16H26N2O2. The Kier molecular flexibility index (Phi) is 5.57. The van der Waals surface area contributed by atoms with E-state index in [4.69, 9.17) is 10.5 Å². The van der Waals surface area contributed by atoms with Crippen molar-refractivity contribution in [3.05, 3.63) is 29.8 Å². The van der Waals surface area contributed by atoms with Gasteiger partial charge in [-0.3, -0.25) is 4.79 Å². The third-order valence-corrected chi connectivity index (χ3v) is 2.75. The molecule has 112 valence electrons. The molecule has 0 fully saturated rings. The summed E-state index contributed by atoms with van der Waals surface area (Å²) in [5.41, 5.74) is 6.40. The fraction of sp³-hybridized carbons (Fsp3) is 0.562. The van der Waals surface area contributed by atoms with Gasteiger partial charge < -0.3 is 15.8 Å². The lowest BCUT2D eigenvalue weighted by Crippen LogP contribution is -2.39. The monoisotopic (exact) mass is 278 g/mol. The van der Waals surface area contributed by atoms with Crippen molar-refractivity contribution < 1.29 is 9.53 Å². The van der Waals surface area contributed by atoms with Crippen LogP contribution in [0.15, 0.2) is 24.3 Å². The van der Waals surface area contributed by atoms with Crippen LogP contribution in [0.5, 0.6) is 5.75 Å². The SMILES string of the molecule is CC(C)Oc1ccc(C(C)NC(=O)CC(C)(C)N)cc1. The van der Waals surface area contributed by atoms with Crippen molar-refractivity contribution in [1.82, 2.24) is 5.32 Å². The zero-order chi connectivity index (χ0) is 15.3. The molecule has 0 bridgehead atoms. The van der Waals surface area contributed by atoms with E-state index in [2.05, 4.69) is 5.32 Å². The van der Waals surface area contributed by atoms with Gasteiger partial charge in [0.15, 0.2) is 0 Å². The fourth-order valence-corrected chi connectivity index (χ4v) is 1.90. The summed E-state index contributed by atoms with van der Waals surface area (Å²) < 4.78 is 5.59. The lowest BCUT2D eigenvalue weighted by Gasteiger charge is -2.20. The molecule has 20 heavy (non-hydrogen) atoms. The molecule has 4 nitrogen and oxygen atoms in total. The maximum Gasteiger partial charge on any atom is 0.222 e. The number of ether oxygens (including phenoxy) is 1. The molecule has 1 amide bonds. The lowest BCUT2D eigenvalue weighted by atomic mass is 10.0. The Balaban J connectivity index is 2.59. The molecule has 1 aromatic rings. The Morgan fingerprint density at radius 3 is 2.25 bits per heavy atom. The predicted molar refractivity (Wildman–Crippen MR) is 81.6 cm³/mol. The summed E-state index contributed by atoms with van der Waals surface area (Å²) in [5, 5.41) is 2.95. The zero-order valence-electron chi connectivity index (χ0n) is 13.1. The second kappa shape index (κ2) is 6.75. The third-order valence-electron chi connectivity index (χ3n) is 2.75. The number of rotatable bonds is 6. The van der Waals surface area contributed by atoms with Gasteiger partial charge in [0, 0.05) is 12.0 Å². The van der Waals surface area contributed by atoms with Gasteiger partial charge in [-0.2, -0.15) is 0 Å². The van der Waals surface area contributed by atoms with E-state index in [0.717, 1.165) is 11.3 Å². The maximum atomic E-state index is 11.8. The molecule has 0 aliphatic rings. The van der Waals surface area contributed by atoms with Crippen LogP contribution in [0, 0.1) is 0 Å². The standard InChI is InChI=1S/C16H26N2O2/c1-11(2)20-14-8-6-13(7-9-14)12(3)18-15(19)10-16(4,5)17/h6-9,11-12H,10,17H2,1-5H3,(H,18,19). The number of hydrogen-bond donors (Lipinski definition) is 2. The summed E-state index contributed by atoms with van der Waals surface area (Å²) in [5.74, 6) is 0.804. The topological polar surface area (TPSA) is 64.3 Å². The first-order valence-electron chi connectivity index (χ1n) is 7.02. The van der Waals surface area contributed by atoms with Crippen molar-refractivity contribution >= 4 is 5.91 Å². The Morgan fingerprint density at radius 2 is 1.80 bits per heavy atom. The molecule has 0 heterocycles. The van der Waals surface area contributed by atoms with Gasteiger partial charge in [0.25, 0.3) is 0 Å². The third kappa shape index (κ3) is 6.06. The van der Waals surface area contributed by atoms with Crippen molar-refractivity contribution in [2.24, 2.45) is 5.73 Å². The maximum absolute atomic E-state index is 11.8. The van der Waals surface area contributed by atoms with E-state index < -0.39 is 5.54 Å². The first-order chi connectivity index (χ1) is 9.17. The largest absolute Gasteiger partial charge is 0.491 e. The van der Waals surface area contributed by atoms with Crippen molar-refractivity contribution in [3.63, 3.8) is 0 Å². The van der Waals surface area contributed by atoms with E-state index in [1.54, 1.807) is 0 Å². The molecule has 3 N–H and O–H groups in total. The van der Waals surface area contributed by atoms with Crippen LogP contribution in [-0.4, -0.2) is 17.6 Å². The Bertz CT molecular complexity index is 433. The fourth-order valence-electron chi connectivity index (χ4n) is 1.90. The minimum absolute atomic E-state index is 0.0347. The summed E-state index contributed by atoms with van der Waals surface area (Å²) in [6.45, 7) is 9.63. The van der Waals surface area contributed by atoms with E-state index in [1.165, 1.54) is 0 Å². The van der Waals surface area contributed by atoms with E-state index in [0.29, 0.717) is 6.42 Å². The smallest absolute Gasteiger partial charge is 0.222 e. The number of benzene rings is 1. The second-order valence-corrected chi connectivity index (χ2v) is 6.19. The van der Waals surface area contributed by atoms with Crippen LogP contribution in [0.3, 0.4) is 0 Å². The molecular weight excluding hydrogens is 252 g/mol. The first-order valence-corrected chi connectivity index (χ1v) is 7.02. The van der Waals surface area contributed by atoms with Gasteiger partial charge in [-0.15, -0.1) is 0 Å². The molecule has 0 spiro atoms. The molecule has 4 heteroatoms. The molecule has 1 rings (SSSR count). The number of carbonyl (C=O) groups is 1. The minimum atomic E-state index is -0.487. The summed E-state index contributed by atoms with van der Waals surface area (Å²) in [6, 6.07) is 7.74. The average molecular weight is 278 g/mol. The Labute approximate surface area is 121 Å². The number of amides is 1. The van der Waals surface area contributed by atoms with Gasteiger partial charge in [-0.25, -0.2) is 0 Å². The summed E-state index contributed by atoms with van der Waals surface area (Å²) >= 11 is 0. The van der Waals surface area contributed by atoms with Crippen LogP contribution >= 0.6 is 0 Å². The Morgan fingerprint density at radius 1 is 1.25 bits per heavy atom. The lowest BCUT2D eigenvalue weighted by molar-refractivity contribution is -0.122. The van der Waals surface area contributed by atoms with Gasteiger partial charge in [0.2, 0.25) is 5.91 Å². The van der Waals surface area contributed by atoms with Crippen LogP contribution in [0.25, 0.3) is 0 Å². The van der Waals surface area contributed by atoms with E-state index in [1.807, 2.05) is 58.9 Å². The molecule has 0 aliphatic carbocycles. The quantitative estimate of drug-likeness (QED) is 0.841. The Hall–Kier alpha value is -1.55. The highest BCUT2D eigenvalue weighted by Gasteiger charge is 2.18. The van der Waals surface area contributed by atoms with Crippen molar-refractivity contribution in [2.45, 2.75) is 58.7 Å². The molecule has 0 saturated heterocycles. The van der Waals surface area contributed by atoms with Gasteiger partial charge in [0.05, 0.1) is 12.1 Å².